The molecule has 1 heterocycles. The Hall–Kier alpha value is -2.41. The Labute approximate surface area is 122 Å². The second-order valence-electron chi connectivity index (χ2n) is 4.88. The Morgan fingerprint density at radius 3 is 2.76 bits per heavy atom. The quantitative estimate of drug-likeness (QED) is 0.680. The highest BCUT2D eigenvalue weighted by atomic mass is 16.3. The van der Waals surface area contributed by atoms with Crippen LogP contribution >= 0.6 is 0 Å². The van der Waals surface area contributed by atoms with Gasteiger partial charge in [0.1, 0.15) is 17.9 Å². The molecule has 0 bridgehead atoms. The fourth-order valence-corrected chi connectivity index (χ4v) is 1.94. The van der Waals surface area contributed by atoms with Gasteiger partial charge in [-0.05, 0) is 24.1 Å². The second-order valence-corrected chi connectivity index (χ2v) is 4.88. The molecule has 0 fully saturated rings. The number of phenolic OH excluding ortho intramolecular Hbond substituents is 1. The summed E-state index contributed by atoms with van der Waals surface area (Å²) in [4.78, 5) is 11.9. The van der Waals surface area contributed by atoms with Crippen LogP contribution in [0.2, 0.25) is 0 Å². The topological polar surface area (TPSA) is 106 Å². The van der Waals surface area contributed by atoms with Crippen LogP contribution in [0, 0.1) is 0 Å². The minimum Gasteiger partial charge on any atom is -0.508 e. The van der Waals surface area contributed by atoms with Crippen molar-refractivity contribution in [3.63, 3.8) is 0 Å². The van der Waals surface area contributed by atoms with Crippen LogP contribution in [0.3, 0.4) is 0 Å². The van der Waals surface area contributed by atoms with Crippen molar-refractivity contribution in [1.29, 1.82) is 0 Å². The van der Waals surface area contributed by atoms with Gasteiger partial charge < -0.3 is 20.7 Å². The number of hydrogen-bond donors (Lipinski definition) is 3. The van der Waals surface area contributed by atoms with E-state index in [0.717, 1.165) is 11.4 Å². The van der Waals surface area contributed by atoms with E-state index in [2.05, 4.69) is 15.5 Å². The lowest BCUT2D eigenvalue weighted by Crippen LogP contribution is -2.42. The third kappa shape index (κ3) is 4.28. The van der Waals surface area contributed by atoms with E-state index in [1.165, 1.54) is 0 Å². The molecule has 2 aromatic rings. The molecule has 1 unspecified atom stereocenters. The van der Waals surface area contributed by atoms with Crippen LogP contribution in [0.4, 0.5) is 0 Å². The van der Waals surface area contributed by atoms with E-state index in [-0.39, 0.29) is 11.7 Å². The summed E-state index contributed by atoms with van der Waals surface area (Å²) in [6, 6.07) is 6.04. The van der Waals surface area contributed by atoms with E-state index in [1.54, 1.807) is 30.6 Å². The van der Waals surface area contributed by atoms with Crippen LogP contribution in [-0.2, 0) is 24.7 Å². The molecule has 1 aromatic carbocycles. The van der Waals surface area contributed by atoms with Crippen molar-refractivity contribution >= 4 is 5.91 Å². The molecule has 2 rings (SSSR count). The first-order valence-corrected chi connectivity index (χ1v) is 6.70. The molecule has 1 atom stereocenters. The molecule has 21 heavy (non-hydrogen) atoms. The number of benzene rings is 1. The van der Waals surface area contributed by atoms with Gasteiger partial charge in [0.2, 0.25) is 5.91 Å². The summed E-state index contributed by atoms with van der Waals surface area (Å²) in [6.45, 7) is 0.467. The number of amides is 1. The van der Waals surface area contributed by atoms with Crippen LogP contribution < -0.4 is 11.1 Å². The van der Waals surface area contributed by atoms with Gasteiger partial charge in [-0.2, -0.15) is 0 Å². The van der Waals surface area contributed by atoms with Crippen molar-refractivity contribution in [2.75, 3.05) is 6.54 Å². The summed E-state index contributed by atoms with van der Waals surface area (Å²) < 4.78 is 1.81. The highest BCUT2D eigenvalue weighted by Crippen LogP contribution is 2.10. The zero-order valence-electron chi connectivity index (χ0n) is 11.9. The van der Waals surface area contributed by atoms with Crippen LogP contribution in [0.5, 0.6) is 5.75 Å². The molecule has 7 nitrogen and oxygen atoms in total. The normalized spacial score (nSPS) is 12.1. The minimum absolute atomic E-state index is 0.195. The highest BCUT2D eigenvalue weighted by Gasteiger charge is 2.14. The number of nitrogens with two attached hydrogens (primary N) is 1. The standard InChI is InChI=1S/C14H19N5O2/c1-19-9-17-18-13(19)6-7-16-14(21)12(15)8-10-2-4-11(20)5-3-10/h2-5,9,12,20H,6-8,15H2,1H3,(H,16,21). The van der Waals surface area contributed by atoms with Crippen LogP contribution in [0.25, 0.3) is 0 Å². The fraction of sp³-hybridized carbons (Fsp3) is 0.357. The van der Waals surface area contributed by atoms with E-state index in [4.69, 9.17) is 5.73 Å². The zero-order chi connectivity index (χ0) is 15.2. The Kier molecular flexibility index (Phi) is 4.89. The summed E-state index contributed by atoms with van der Waals surface area (Å²) in [5, 5.41) is 19.7. The van der Waals surface area contributed by atoms with Crippen LogP contribution in [0.15, 0.2) is 30.6 Å². The van der Waals surface area contributed by atoms with Crippen molar-refractivity contribution in [3.05, 3.63) is 42.0 Å². The summed E-state index contributed by atoms with van der Waals surface area (Å²) in [5.74, 6) is 0.799. The van der Waals surface area contributed by atoms with E-state index >= 15 is 0 Å². The molecule has 1 amide bonds. The average molecular weight is 289 g/mol. The molecular formula is C14H19N5O2. The molecular weight excluding hydrogens is 270 g/mol. The van der Waals surface area contributed by atoms with Crippen molar-refractivity contribution < 1.29 is 9.90 Å². The number of phenols is 1. The first-order chi connectivity index (χ1) is 10.1. The first-order valence-electron chi connectivity index (χ1n) is 6.70. The second kappa shape index (κ2) is 6.85. The van der Waals surface area contributed by atoms with Gasteiger partial charge in [-0.25, -0.2) is 0 Å². The average Bonchev–Trinajstić information content (AvgIpc) is 2.87. The number of aryl methyl sites for hydroxylation is 1. The number of aromatic hydroxyl groups is 1. The number of carbonyl (C=O) groups is 1. The van der Waals surface area contributed by atoms with Gasteiger partial charge in [0, 0.05) is 20.0 Å². The monoisotopic (exact) mass is 289 g/mol. The summed E-state index contributed by atoms with van der Waals surface area (Å²) in [5.41, 5.74) is 6.78. The van der Waals surface area contributed by atoms with Crippen molar-refractivity contribution in [2.24, 2.45) is 12.8 Å². The van der Waals surface area contributed by atoms with Gasteiger partial charge in [0.25, 0.3) is 0 Å². The smallest absolute Gasteiger partial charge is 0.237 e. The lowest BCUT2D eigenvalue weighted by Gasteiger charge is -2.12. The maximum absolute atomic E-state index is 11.9. The SMILES string of the molecule is Cn1cnnc1CCNC(=O)C(N)Cc1ccc(O)cc1. The lowest BCUT2D eigenvalue weighted by molar-refractivity contribution is -0.122. The van der Waals surface area contributed by atoms with Crippen molar-refractivity contribution in [2.45, 2.75) is 18.9 Å². The molecule has 0 aliphatic carbocycles. The van der Waals surface area contributed by atoms with Gasteiger partial charge in [-0.1, -0.05) is 12.1 Å². The van der Waals surface area contributed by atoms with Gasteiger partial charge in [0.15, 0.2) is 0 Å². The third-order valence-corrected chi connectivity index (χ3v) is 3.18. The largest absolute Gasteiger partial charge is 0.508 e. The molecule has 0 radical (unpaired) electrons. The van der Waals surface area contributed by atoms with Gasteiger partial charge in [0.05, 0.1) is 6.04 Å². The van der Waals surface area contributed by atoms with E-state index in [0.29, 0.717) is 19.4 Å². The summed E-state index contributed by atoms with van der Waals surface area (Å²) in [7, 11) is 1.85. The zero-order valence-corrected chi connectivity index (χ0v) is 11.9. The maximum atomic E-state index is 11.9. The maximum Gasteiger partial charge on any atom is 0.237 e. The predicted octanol–water partition coefficient (Wildman–Crippen LogP) is -0.251. The molecule has 112 valence electrons. The summed E-state index contributed by atoms with van der Waals surface area (Å²) in [6.07, 6.45) is 2.65. The predicted molar refractivity (Wildman–Crippen MR) is 77.5 cm³/mol. The highest BCUT2D eigenvalue weighted by molar-refractivity contribution is 5.81. The molecule has 0 saturated carbocycles. The number of rotatable bonds is 6. The molecule has 0 spiro atoms. The Balaban J connectivity index is 1.77. The first kappa shape index (κ1) is 15.0. The third-order valence-electron chi connectivity index (χ3n) is 3.18. The lowest BCUT2D eigenvalue weighted by atomic mass is 10.1. The van der Waals surface area contributed by atoms with Crippen LogP contribution in [0.1, 0.15) is 11.4 Å². The van der Waals surface area contributed by atoms with Gasteiger partial charge >= 0.3 is 0 Å². The minimum atomic E-state index is -0.617. The van der Waals surface area contributed by atoms with E-state index < -0.39 is 6.04 Å². The van der Waals surface area contributed by atoms with Crippen LogP contribution in [-0.4, -0.2) is 38.4 Å². The molecule has 0 aliphatic heterocycles. The number of hydrogen-bond acceptors (Lipinski definition) is 5. The van der Waals surface area contributed by atoms with Gasteiger partial charge in [-0.15, -0.1) is 10.2 Å². The number of carbonyl (C=O) groups excluding carboxylic acids is 1. The van der Waals surface area contributed by atoms with Crippen molar-refractivity contribution in [3.8, 4) is 5.75 Å². The fourth-order valence-electron chi connectivity index (χ4n) is 1.94. The molecule has 7 heteroatoms. The Morgan fingerprint density at radius 2 is 2.14 bits per heavy atom. The van der Waals surface area contributed by atoms with Gasteiger partial charge in [-0.3, -0.25) is 4.79 Å². The molecule has 1 aromatic heterocycles. The number of nitrogens with zero attached hydrogens (tertiary/aromatic N) is 3. The molecule has 4 N–H and O–H groups in total. The number of nitrogens with one attached hydrogen (secondary N) is 1. The Bertz CT molecular complexity index is 594. The number of aromatic nitrogens is 3. The molecule has 0 saturated heterocycles. The summed E-state index contributed by atoms with van der Waals surface area (Å²) >= 11 is 0. The Morgan fingerprint density at radius 1 is 1.43 bits per heavy atom. The van der Waals surface area contributed by atoms with E-state index in [9.17, 15) is 9.90 Å². The van der Waals surface area contributed by atoms with E-state index in [1.807, 2.05) is 11.6 Å². The molecule has 0 aliphatic rings. The van der Waals surface area contributed by atoms with Crippen molar-refractivity contribution in [1.82, 2.24) is 20.1 Å².